The Morgan fingerprint density at radius 3 is 2.47 bits per heavy atom. The Hall–Kier alpha value is -0.820. The van der Waals surface area contributed by atoms with Gasteiger partial charge in [0.05, 0.1) is 0 Å². The van der Waals surface area contributed by atoms with Crippen molar-refractivity contribution in [2.75, 3.05) is 6.54 Å². The van der Waals surface area contributed by atoms with Crippen molar-refractivity contribution in [3.8, 4) is 0 Å². The minimum absolute atomic E-state index is 0.359. The van der Waals surface area contributed by atoms with E-state index in [0.29, 0.717) is 11.5 Å². The zero-order chi connectivity index (χ0) is 14.5. The van der Waals surface area contributed by atoms with Gasteiger partial charge in [0.2, 0.25) is 0 Å². The van der Waals surface area contributed by atoms with Crippen LogP contribution in [0.3, 0.4) is 0 Å². The molecule has 1 unspecified atom stereocenters. The number of hydrogen-bond acceptors (Lipinski definition) is 1. The molecule has 0 heterocycles. The Morgan fingerprint density at radius 2 is 1.89 bits per heavy atom. The average Bonchev–Trinajstić information content (AvgIpc) is 2.32. The molecule has 1 aromatic carbocycles. The molecule has 1 N–H and O–H groups in total. The monoisotopic (exact) mass is 261 g/mol. The SMILES string of the molecule is CCCC(C)(CNC(C)C)Cc1cc(C)ccc1C. The van der Waals surface area contributed by atoms with Gasteiger partial charge in [0.15, 0.2) is 0 Å². The molecule has 0 spiro atoms. The summed E-state index contributed by atoms with van der Waals surface area (Å²) in [6, 6.07) is 7.39. The first-order valence-corrected chi connectivity index (χ1v) is 7.66. The van der Waals surface area contributed by atoms with Gasteiger partial charge in [-0.2, -0.15) is 0 Å². The Balaban J connectivity index is 2.84. The fourth-order valence-corrected chi connectivity index (χ4v) is 2.74. The van der Waals surface area contributed by atoms with E-state index in [-0.39, 0.29) is 0 Å². The van der Waals surface area contributed by atoms with Crippen molar-refractivity contribution in [1.82, 2.24) is 5.32 Å². The average molecular weight is 261 g/mol. The lowest BCUT2D eigenvalue weighted by Gasteiger charge is -2.31. The molecule has 1 heteroatoms. The van der Waals surface area contributed by atoms with Crippen molar-refractivity contribution in [3.05, 3.63) is 34.9 Å². The highest BCUT2D eigenvalue weighted by atomic mass is 14.9. The minimum Gasteiger partial charge on any atom is -0.314 e. The summed E-state index contributed by atoms with van der Waals surface area (Å²) in [5, 5.41) is 3.63. The topological polar surface area (TPSA) is 12.0 Å². The molecule has 0 amide bonds. The molecule has 1 rings (SSSR count). The van der Waals surface area contributed by atoms with E-state index in [1.54, 1.807) is 0 Å². The van der Waals surface area contributed by atoms with Crippen LogP contribution in [-0.4, -0.2) is 12.6 Å². The highest BCUT2D eigenvalue weighted by molar-refractivity contribution is 5.31. The summed E-state index contributed by atoms with van der Waals surface area (Å²) in [5.41, 5.74) is 4.67. The number of benzene rings is 1. The predicted octanol–water partition coefficient (Wildman–Crippen LogP) is 4.65. The first-order valence-electron chi connectivity index (χ1n) is 7.66. The summed E-state index contributed by atoms with van der Waals surface area (Å²) in [4.78, 5) is 0. The van der Waals surface area contributed by atoms with Crippen LogP contribution in [0.4, 0.5) is 0 Å². The predicted molar refractivity (Wildman–Crippen MR) is 85.8 cm³/mol. The van der Waals surface area contributed by atoms with Crippen LogP contribution in [0.15, 0.2) is 18.2 Å². The van der Waals surface area contributed by atoms with Gasteiger partial charge in [0.25, 0.3) is 0 Å². The second kappa shape index (κ2) is 7.09. The molecular weight excluding hydrogens is 230 g/mol. The molecule has 0 saturated heterocycles. The molecule has 0 aliphatic heterocycles. The fourth-order valence-electron chi connectivity index (χ4n) is 2.74. The fraction of sp³-hybridized carbons (Fsp3) is 0.667. The highest BCUT2D eigenvalue weighted by Gasteiger charge is 2.24. The maximum absolute atomic E-state index is 3.63. The van der Waals surface area contributed by atoms with E-state index >= 15 is 0 Å². The number of rotatable bonds is 7. The van der Waals surface area contributed by atoms with Gasteiger partial charge in [-0.1, -0.05) is 57.9 Å². The van der Waals surface area contributed by atoms with E-state index < -0.39 is 0 Å². The Kier molecular flexibility index (Phi) is 6.06. The van der Waals surface area contributed by atoms with Gasteiger partial charge in [-0.25, -0.2) is 0 Å². The lowest BCUT2D eigenvalue weighted by atomic mass is 9.78. The lowest BCUT2D eigenvalue weighted by Crippen LogP contribution is -2.37. The molecule has 0 aliphatic rings. The third kappa shape index (κ3) is 5.36. The van der Waals surface area contributed by atoms with Crippen LogP contribution in [0.2, 0.25) is 0 Å². The van der Waals surface area contributed by atoms with E-state index in [9.17, 15) is 0 Å². The maximum atomic E-state index is 3.63. The zero-order valence-corrected chi connectivity index (χ0v) is 13.6. The van der Waals surface area contributed by atoms with Crippen molar-refractivity contribution < 1.29 is 0 Å². The van der Waals surface area contributed by atoms with Crippen molar-refractivity contribution in [2.45, 2.75) is 66.8 Å². The summed E-state index contributed by atoms with van der Waals surface area (Å²) in [6.45, 7) is 14.7. The van der Waals surface area contributed by atoms with Crippen molar-refractivity contribution in [3.63, 3.8) is 0 Å². The van der Waals surface area contributed by atoms with Gasteiger partial charge in [-0.3, -0.25) is 0 Å². The lowest BCUT2D eigenvalue weighted by molar-refractivity contribution is 0.266. The third-order valence-electron chi connectivity index (χ3n) is 3.91. The smallest absolute Gasteiger partial charge is 0.00107 e. The van der Waals surface area contributed by atoms with Gasteiger partial charge < -0.3 is 5.32 Å². The summed E-state index contributed by atoms with van der Waals surface area (Å²) < 4.78 is 0. The van der Waals surface area contributed by atoms with E-state index in [1.165, 1.54) is 36.0 Å². The molecular formula is C18H31N. The minimum atomic E-state index is 0.359. The van der Waals surface area contributed by atoms with Crippen molar-refractivity contribution in [2.24, 2.45) is 5.41 Å². The van der Waals surface area contributed by atoms with Crippen LogP contribution < -0.4 is 5.32 Å². The zero-order valence-electron chi connectivity index (χ0n) is 13.6. The van der Waals surface area contributed by atoms with E-state index in [1.807, 2.05) is 0 Å². The van der Waals surface area contributed by atoms with Crippen LogP contribution in [0.1, 0.15) is 57.2 Å². The molecule has 0 aliphatic carbocycles. The first-order chi connectivity index (χ1) is 8.86. The summed E-state index contributed by atoms with van der Waals surface area (Å²) >= 11 is 0. The highest BCUT2D eigenvalue weighted by Crippen LogP contribution is 2.29. The maximum Gasteiger partial charge on any atom is 0.00107 e. The third-order valence-corrected chi connectivity index (χ3v) is 3.91. The largest absolute Gasteiger partial charge is 0.314 e. The first kappa shape index (κ1) is 16.2. The van der Waals surface area contributed by atoms with Gasteiger partial charge in [0, 0.05) is 12.6 Å². The Morgan fingerprint density at radius 1 is 1.21 bits per heavy atom. The molecule has 0 fully saturated rings. The molecule has 0 bridgehead atoms. The Bertz CT molecular complexity index is 395. The van der Waals surface area contributed by atoms with Crippen LogP contribution >= 0.6 is 0 Å². The van der Waals surface area contributed by atoms with Gasteiger partial charge in [-0.15, -0.1) is 0 Å². The van der Waals surface area contributed by atoms with Gasteiger partial charge >= 0.3 is 0 Å². The van der Waals surface area contributed by atoms with E-state index in [4.69, 9.17) is 0 Å². The van der Waals surface area contributed by atoms with Crippen LogP contribution in [-0.2, 0) is 6.42 Å². The molecule has 1 atom stereocenters. The molecule has 0 saturated carbocycles. The van der Waals surface area contributed by atoms with Crippen LogP contribution in [0.25, 0.3) is 0 Å². The normalized spacial score (nSPS) is 14.7. The summed E-state index contributed by atoms with van der Waals surface area (Å²) in [7, 11) is 0. The number of nitrogens with one attached hydrogen (secondary N) is 1. The standard InChI is InChI=1S/C18H31N/c1-7-10-18(6,13-19-14(2)3)12-17-11-15(4)8-9-16(17)5/h8-9,11,14,19H,7,10,12-13H2,1-6H3. The molecule has 1 aromatic rings. The summed E-state index contributed by atoms with van der Waals surface area (Å²) in [6.07, 6.45) is 3.70. The summed E-state index contributed by atoms with van der Waals surface area (Å²) in [5.74, 6) is 0. The second-order valence-electron chi connectivity index (χ2n) is 6.70. The van der Waals surface area contributed by atoms with E-state index in [2.05, 4.69) is 65.1 Å². The molecule has 19 heavy (non-hydrogen) atoms. The van der Waals surface area contributed by atoms with Crippen LogP contribution in [0.5, 0.6) is 0 Å². The quantitative estimate of drug-likeness (QED) is 0.753. The molecule has 0 radical (unpaired) electrons. The molecule has 108 valence electrons. The van der Waals surface area contributed by atoms with Crippen molar-refractivity contribution >= 4 is 0 Å². The van der Waals surface area contributed by atoms with Crippen LogP contribution in [0, 0.1) is 19.3 Å². The van der Waals surface area contributed by atoms with E-state index in [0.717, 1.165) is 6.54 Å². The molecule has 1 nitrogen and oxygen atoms in total. The number of aryl methyl sites for hydroxylation is 2. The van der Waals surface area contributed by atoms with Crippen molar-refractivity contribution in [1.29, 1.82) is 0 Å². The Labute approximate surface area is 119 Å². The number of hydrogen-bond donors (Lipinski definition) is 1. The van der Waals surface area contributed by atoms with Gasteiger partial charge in [-0.05, 0) is 43.2 Å². The van der Waals surface area contributed by atoms with Gasteiger partial charge in [0.1, 0.15) is 0 Å². The second-order valence-corrected chi connectivity index (χ2v) is 6.70. The molecule has 0 aromatic heterocycles.